The summed E-state index contributed by atoms with van der Waals surface area (Å²) < 4.78 is 60.5. The van der Waals surface area contributed by atoms with Crippen LogP contribution in [0.25, 0.3) is 0 Å². The van der Waals surface area contributed by atoms with Gasteiger partial charge in [-0.2, -0.15) is 18.4 Å². The van der Waals surface area contributed by atoms with Crippen molar-refractivity contribution in [2.45, 2.75) is 43.5 Å². The zero-order valence-electron chi connectivity index (χ0n) is 12.2. The van der Waals surface area contributed by atoms with Crippen LogP contribution < -0.4 is 5.48 Å². The maximum absolute atomic E-state index is 12.1. The molecule has 0 spiro atoms. The third kappa shape index (κ3) is 5.85. The lowest BCUT2D eigenvalue weighted by atomic mass is 9.90. The molecule has 0 aromatic heterocycles. The van der Waals surface area contributed by atoms with Gasteiger partial charge in [0.15, 0.2) is 15.1 Å². The van der Waals surface area contributed by atoms with Crippen LogP contribution in [0.3, 0.4) is 0 Å². The van der Waals surface area contributed by atoms with Gasteiger partial charge in [-0.1, -0.05) is 6.08 Å². The van der Waals surface area contributed by atoms with Crippen LogP contribution >= 0.6 is 0 Å². The number of sulfone groups is 1. The summed E-state index contributed by atoms with van der Waals surface area (Å²) in [4.78, 5) is 4.75. The summed E-state index contributed by atoms with van der Waals surface area (Å²) >= 11 is 0. The third-order valence-electron chi connectivity index (χ3n) is 3.52. The van der Waals surface area contributed by atoms with Gasteiger partial charge < -0.3 is 0 Å². The van der Waals surface area contributed by atoms with Gasteiger partial charge in [-0.25, -0.2) is 8.42 Å². The minimum absolute atomic E-state index is 0.377. The molecule has 126 valence electrons. The fourth-order valence-corrected chi connectivity index (χ4v) is 4.23. The van der Waals surface area contributed by atoms with Gasteiger partial charge in [0.25, 0.3) is 0 Å². The van der Waals surface area contributed by atoms with Gasteiger partial charge in [0.2, 0.25) is 0 Å². The highest BCUT2D eigenvalue weighted by Crippen LogP contribution is 2.30. The number of rotatable bonds is 7. The van der Waals surface area contributed by atoms with Gasteiger partial charge in [-0.3, -0.25) is 10.3 Å². The van der Waals surface area contributed by atoms with Crippen molar-refractivity contribution in [3.8, 4) is 6.07 Å². The van der Waals surface area contributed by atoms with Gasteiger partial charge in [-0.15, -0.1) is 0 Å². The summed E-state index contributed by atoms with van der Waals surface area (Å²) in [6.45, 7) is 0. The Morgan fingerprint density at radius 1 is 1.55 bits per heavy atom. The fourth-order valence-electron chi connectivity index (χ4n) is 2.43. The highest BCUT2D eigenvalue weighted by atomic mass is 32.2. The predicted molar refractivity (Wildman–Crippen MR) is 74.0 cm³/mol. The van der Waals surface area contributed by atoms with Crippen molar-refractivity contribution < 1.29 is 26.4 Å². The number of halogens is 3. The Morgan fingerprint density at radius 2 is 2.23 bits per heavy atom. The minimum atomic E-state index is -4.38. The van der Waals surface area contributed by atoms with E-state index in [0.29, 0.717) is 19.3 Å². The molecule has 0 amide bonds. The van der Waals surface area contributed by atoms with E-state index in [1.807, 2.05) is 0 Å². The van der Waals surface area contributed by atoms with Crippen molar-refractivity contribution in [2.75, 3.05) is 12.9 Å². The fraction of sp³-hybridized carbons (Fsp3) is 0.769. The Kier molecular flexibility index (Phi) is 6.68. The molecule has 0 aromatic rings. The molecule has 1 N–H and O–H groups in total. The second-order valence-corrected chi connectivity index (χ2v) is 7.45. The molecule has 0 saturated heterocycles. The van der Waals surface area contributed by atoms with E-state index in [0.717, 1.165) is 5.70 Å². The number of hydroxylamine groups is 1. The second-order valence-electron chi connectivity index (χ2n) is 5.21. The number of alkyl halides is 3. The molecule has 1 aliphatic carbocycles. The predicted octanol–water partition coefficient (Wildman–Crippen LogP) is 2.47. The molecule has 0 aromatic carbocycles. The van der Waals surface area contributed by atoms with Crippen molar-refractivity contribution in [1.29, 1.82) is 5.26 Å². The molecule has 0 bridgehead atoms. The first-order valence-electron chi connectivity index (χ1n) is 6.85. The van der Waals surface area contributed by atoms with Crippen LogP contribution in [0, 0.1) is 17.2 Å². The van der Waals surface area contributed by atoms with Crippen LogP contribution in [0.2, 0.25) is 0 Å². The summed E-state index contributed by atoms with van der Waals surface area (Å²) in [6.07, 6.45) is -2.91. The molecule has 5 nitrogen and oxygen atoms in total. The van der Waals surface area contributed by atoms with Crippen LogP contribution in [-0.4, -0.2) is 32.7 Å². The summed E-state index contributed by atoms with van der Waals surface area (Å²) in [6, 6.07) is 1.76. The van der Waals surface area contributed by atoms with Crippen molar-refractivity contribution in [1.82, 2.24) is 5.48 Å². The number of nitrogens with zero attached hydrogens (tertiary/aromatic N) is 1. The Labute approximate surface area is 128 Å². The number of hydrogen-bond acceptors (Lipinski definition) is 5. The van der Waals surface area contributed by atoms with Gasteiger partial charge in [-0.05, 0) is 31.6 Å². The first-order chi connectivity index (χ1) is 10.2. The van der Waals surface area contributed by atoms with E-state index < -0.39 is 45.8 Å². The van der Waals surface area contributed by atoms with Crippen LogP contribution in [-0.2, 0) is 14.7 Å². The van der Waals surface area contributed by atoms with E-state index in [2.05, 4.69) is 5.48 Å². The van der Waals surface area contributed by atoms with Crippen LogP contribution in [0.4, 0.5) is 13.2 Å². The Bertz CT molecular complexity index is 538. The van der Waals surface area contributed by atoms with Gasteiger partial charge >= 0.3 is 6.18 Å². The van der Waals surface area contributed by atoms with Crippen molar-refractivity contribution in [2.24, 2.45) is 5.92 Å². The van der Waals surface area contributed by atoms with Crippen LogP contribution in [0.15, 0.2) is 11.8 Å². The smallest absolute Gasteiger partial charge is 0.280 e. The molecule has 0 aliphatic heterocycles. The average Bonchev–Trinajstić information content (AvgIpc) is 2.39. The van der Waals surface area contributed by atoms with E-state index in [1.54, 1.807) is 12.1 Å². The molecule has 9 heteroatoms. The monoisotopic (exact) mass is 340 g/mol. The third-order valence-corrected chi connectivity index (χ3v) is 5.64. The molecule has 1 aliphatic rings. The number of nitrogens with one attached hydrogen (secondary N) is 1. The van der Waals surface area contributed by atoms with E-state index in [1.165, 1.54) is 7.11 Å². The van der Waals surface area contributed by atoms with Crippen LogP contribution in [0.1, 0.15) is 32.1 Å². The lowest BCUT2D eigenvalue weighted by Crippen LogP contribution is -2.32. The average molecular weight is 340 g/mol. The van der Waals surface area contributed by atoms with E-state index in [9.17, 15) is 21.6 Å². The lowest BCUT2D eigenvalue weighted by molar-refractivity contribution is -0.134. The molecular weight excluding hydrogens is 321 g/mol. The first kappa shape index (κ1) is 18.8. The summed E-state index contributed by atoms with van der Waals surface area (Å²) in [5, 5.41) is 7.87. The molecule has 2 unspecified atom stereocenters. The molecule has 0 radical (unpaired) electrons. The van der Waals surface area contributed by atoms with Gasteiger partial charge in [0.05, 0.1) is 18.9 Å². The number of allylic oxidation sites excluding steroid dienone is 2. The highest BCUT2D eigenvalue weighted by Gasteiger charge is 2.35. The summed E-state index contributed by atoms with van der Waals surface area (Å²) in [7, 11) is -2.41. The summed E-state index contributed by atoms with van der Waals surface area (Å²) in [5.41, 5.74) is 3.47. The minimum Gasteiger partial charge on any atom is -0.280 e. The lowest BCUT2D eigenvalue weighted by Gasteiger charge is -2.25. The van der Waals surface area contributed by atoms with Gasteiger partial charge in [0, 0.05) is 12.1 Å². The quantitative estimate of drug-likeness (QED) is 0.720. The zero-order valence-corrected chi connectivity index (χ0v) is 13.0. The van der Waals surface area contributed by atoms with E-state index in [4.69, 9.17) is 10.1 Å². The molecular formula is C13H19F3N2O3S. The van der Waals surface area contributed by atoms with E-state index in [-0.39, 0.29) is 0 Å². The number of nitriles is 1. The Hall–Kier alpha value is -1.27. The Morgan fingerprint density at radius 3 is 2.68 bits per heavy atom. The molecule has 1 rings (SSSR count). The summed E-state index contributed by atoms with van der Waals surface area (Å²) in [5.74, 6) is -1.02. The zero-order chi connectivity index (χ0) is 16.8. The molecule has 2 atom stereocenters. The van der Waals surface area contributed by atoms with Crippen molar-refractivity contribution in [3.63, 3.8) is 0 Å². The maximum atomic E-state index is 12.1. The first-order valence-corrected chi connectivity index (χ1v) is 8.57. The SMILES string of the molecule is CONC1=CCC(C(C#N)S(=O)(=O)CCCC(F)(F)F)CC1. The maximum Gasteiger partial charge on any atom is 0.389 e. The topological polar surface area (TPSA) is 79.2 Å². The molecule has 0 fully saturated rings. The normalized spacial score (nSPS) is 20.9. The van der Waals surface area contributed by atoms with Gasteiger partial charge in [0.1, 0.15) is 0 Å². The molecule has 0 heterocycles. The standard InChI is InChI=1S/C13H19F3N2O3S/c1-21-18-11-5-3-10(4-6-11)12(9-17)22(19,20)8-2-7-13(14,15)16/h5,10,12,18H,2-4,6-8H2,1H3. The van der Waals surface area contributed by atoms with Crippen LogP contribution in [0.5, 0.6) is 0 Å². The highest BCUT2D eigenvalue weighted by molar-refractivity contribution is 7.92. The number of hydrogen-bond donors (Lipinski definition) is 1. The van der Waals surface area contributed by atoms with Crippen molar-refractivity contribution in [3.05, 3.63) is 11.8 Å². The Balaban J connectivity index is 2.65. The van der Waals surface area contributed by atoms with E-state index >= 15 is 0 Å². The van der Waals surface area contributed by atoms with Crippen molar-refractivity contribution >= 4 is 9.84 Å². The molecule has 0 saturated carbocycles. The molecule has 22 heavy (non-hydrogen) atoms. The largest absolute Gasteiger partial charge is 0.389 e. The second kappa shape index (κ2) is 7.83.